The van der Waals surface area contributed by atoms with Crippen LogP contribution in [0.2, 0.25) is 0 Å². The summed E-state index contributed by atoms with van der Waals surface area (Å²) in [6, 6.07) is 20.3. The summed E-state index contributed by atoms with van der Waals surface area (Å²) in [6.07, 6.45) is 3.03. The van der Waals surface area contributed by atoms with Crippen molar-refractivity contribution in [2.45, 2.75) is 5.66 Å². The molecule has 4 rings (SSSR count). The van der Waals surface area contributed by atoms with E-state index in [9.17, 15) is 15.3 Å². The molecule has 134 valence electrons. The number of rotatable bonds is 3. The highest BCUT2D eigenvalue weighted by Crippen LogP contribution is 2.44. The first-order valence-corrected chi connectivity index (χ1v) is 8.36. The van der Waals surface area contributed by atoms with Crippen LogP contribution in [0.5, 0.6) is 17.2 Å². The van der Waals surface area contributed by atoms with Crippen LogP contribution in [-0.2, 0) is 5.66 Å². The molecular weight excluding hydrogens is 342 g/mol. The summed E-state index contributed by atoms with van der Waals surface area (Å²) < 4.78 is 0. The summed E-state index contributed by atoms with van der Waals surface area (Å²) in [7, 11) is 0. The van der Waals surface area contributed by atoms with Crippen LogP contribution in [0.1, 0.15) is 11.1 Å². The monoisotopic (exact) mass is 359 g/mol. The maximum atomic E-state index is 10.4. The molecule has 27 heavy (non-hydrogen) atoms. The predicted octanol–water partition coefficient (Wildman–Crippen LogP) is 3.58. The minimum atomic E-state index is -1.34. The third-order valence-electron chi connectivity index (χ3n) is 4.46. The Balaban J connectivity index is 1.87. The highest BCUT2D eigenvalue weighted by molar-refractivity contribution is 6.03. The molecule has 0 saturated carbocycles. The van der Waals surface area contributed by atoms with Crippen molar-refractivity contribution in [2.75, 3.05) is 4.90 Å². The number of aromatic hydroxyl groups is 3. The molecule has 0 unspecified atom stereocenters. The van der Waals surface area contributed by atoms with Gasteiger partial charge in [-0.25, -0.2) is 9.98 Å². The van der Waals surface area contributed by atoms with Crippen LogP contribution in [0.25, 0.3) is 0 Å². The number of para-hydroxylation sites is 4. The van der Waals surface area contributed by atoms with E-state index in [4.69, 9.17) is 0 Å². The molecule has 0 radical (unpaired) electrons. The van der Waals surface area contributed by atoms with Crippen molar-refractivity contribution in [3.05, 3.63) is 83.9 Å². The number of hydrogen-bond donors (Lipinski definition) is 3. The van der Waals surface area contributed by atoms with Crippen molar-refractivity contribution in [3.8, 4) is 17.2 Å². The normalized spacial score (nSPS) is 15.0. The maximum absolute atomic E-state index is 10.4. The van der Waals surface area contributed by atoms with Crippen molar-refractivity contribution >= 4 is 18.4 Å². The summed E-state index contributed by atoms with van der Waals surface area (Å²) in [5.74, 6) is 0.130. The summed E-state index contributed by atoms with van der Waals surface area (Å²) >= 11 is 0. The zero-order valence-electron chi connectivity index (χ0n) is 14.3. The molecule has 3 N–H and O–H groups in total. The van der Waals surface area contributed by atoms with E-state index < -0.39 is 5.66 Å². The van der Waals surface area contributed by atoms with E-state index in [1.165, 1.54) is 12.7 Å². The minimum Gasteiger partial charge on any atom is -0.507 e. The van der Waals surface area contributed by atoms with Crippen LogP contribution in [0, 0.1) is 0 Å². The lowest BCUT2D eigenvalue weighted by Gasteiger charge is -2.32. The van der Waals surface area contributed by atoms with Crippen molar-refractivity contribution in [3.63, 3.8) is 0 Å². The first-order valence-electron chi connectivity index (χ1n) is 8.36. The van der Waals surface area contributed by atoms with E-state index in [1.807, 2.05) is 0 Å². The maximum Gasteiger partial charge on any atom is 0.211 e. The molecule has 0 aliphatic carbocycles. The second-order valence-electron chi connectivity index (χ2n) is 6.09. The number of benzene rings is 3. The van der Waals surface area contributed by atoms with Crippen LogP contribution in [0.15, 0.2) is 82.8 Å². The topological polar surface area (TPSA) is 88.7 Å². The van der Waals surface area contributed by atoms with Gasteiger partial charge in [0.1, 0.15) is 17.2 Å². The summed E-state index contributed by atoms with van der Waals surface area (Å²) in [5, 5.41) is 30.9. The van der Waals surface area contributed by atoms with Crippen LogP contribution in [0.3, 0.4) is 0 Å². The van der Waals surface area contributed by atoms with Gasteiger partial charge in [-0.3, -0.25) is 4.90 Å². The van der Waals surface area contributed by atoms with Gasteiger partial charge < -0.3 is 15.3 Å². The molecule has 1 aliphatic heterocycles. The fourth-order valence-corrected chi connectivity index (χ4v) is 3.12. The molecule has 6 heteroatoms. The minimum absolute atomic E-state index is 0.0195. The van der Waals surface area contributed by atoms with Gasteiger partial charge in [0.2, 0.25) is 5.66 Å². The Morgan fingerprint density at radius 3 is 1.52 bits per heavy atom. The van der Waals surface area contributed by atoms with Crippen LogP contribution < -0.4 is 4.90 Å². The third-order valence-corrected chi connectivity index (χ3v) is 4.46. The van der Waals surface area contributed by atoms with E-state index in [1.54, 1.807) is 77.7 Å². The Morgan fingerprint density at radius 2 is 1.04 bits per heavy atom. The first kappa shape index (κ1) is 16.7. The van der Waals surface area contributed by atoms with E-state index in [2.05, 4.69) is 9.98 Å². The molecule has 0 bridgehead atoms. The molecule has 0 fully saturated rings. The fraction of sp³-hybridized carbons (Fsp3) is 0.0476. The smallest absolute Gasteiger partial charge is 0.211 e. The van der Waals surface area contributed by atoms with Gasteiger partial charge in [0.15, 0.2) is 0 Å². The number of phenols is 3. The molecular formula is C21H17N3O3. The molecule has 0 saturated heterocycles. The lowest BCUT2D eigenvalue weighted by molar-refractivity contribution is 0.424. The molecule has 3 aromatic rings. The van der Waals surface area contributed by atoms with Gasteiger partial charge >= 0.3 is 0 Å². The standard InChI is InChI=1S/C21H17N3O3/c25-18-10-4-1-7-15(18)21(16-8-2-5-11-19(16)26)22-13-24(14-23-21)17-9-3-6-12-20(17)27/h1-14,25-27H. The number of hydrogen-bond acceptors (Lipinski definition) is 6. The van der Waals surface area contributed by atoms with Gasteiger partial charge in [0, 0.05) is 11.1 Å². The zero-order chi connectivity index (χ0) is 18.9. The number of nitrogens with zero attached hydrogens (tertiary/aromatic N) is 3. The number of aliphatic imine (C=N–C) groups is 2. The van der Waals surface area contributed by atoms with Gasteiger partial charge in [-0.15, -0.1) is 0 Å². The Morgan fingerprint density at radius 1 is 0.593 bits per heavy atom. The van der Waals surface area contributed by atoms with Crippen LogP contribution >= 0.6 is 0 Å². The second-order valence-corrected chi connectivity index (χ2v) is 6.09. The van der Waals surface area contributed by atoms with Crippen molar-refractivity contribution in [1.29, 1.82) is 0 Å². The van der Waals surface area contributed by atoms with Gasteiger partial charge in [0.05, 0.1) is 18.4 Å². The molecule has 0 aromatic heterocycles. The summed E-state index contributed by atoms with van der Waals surface area (Å²) in [6.45, 7) is 0. The largest absolute Gasteiger partial charge is 0.507 e. The molecule has 0 amide bonds. The second kappa shape index (κ2) is 6.49. The summed E-state index contributed by atoms with van der Waals surface area (Å²) in [4.78, 5) is 10.8. The molecule has 6 nitrogen and oxygen atoms in total. The zero-order valence-corrected chi connectivity index (χ0v) is 14.3. The third kappa shape index (κ3) is 2.77. The van der Waals surface area contributed by atoms with Gasteiger partial charge in [-0.05, 0) is 24.3 Å². The lowest BCUT2D eigenvalue weighted by Crippen LogP contribution is -2.33. The molecule has 1 aliphatic rings. The van der Waals surface area contributed by atoms with E-state index >= 15 is 0 Å². The summed E-state index contributed by atoms with van der Waals surface area (Å²) in [5.41, 5.74) is 0.0671. The number of anilines is 1. The van der Waals surface area contributed by atoms with Gasteiger partial charge in [0.25, 0.3) is 0 Å². The molecule has 0 atom stereocenters. The predicted molar refractivity (Wildman–Crippen MR) is 105 cm³/mol. The highest BCUT2D eigenvalue weighted by Gasteiger charge is 2.39. The number of phenolic OH excluding ortho intramolecular Hbond substituents is 3. The lowest BCUT2D eigenvalue weighted by atomic mass is 9.90. The Kier molecular flexibility index (Phi) is 4.01. The van der Waals surface area contributed by atoms with Gasteiger partial charge in [-0.2, -0.15) is 0 Å². The molecule has 3 aromatic carbocycles. The Bertz CT molecular complexity index is 985. The van der Waals surface area contributed by atoms with Crippen molar-refractivity contribution in [2.24, 2.45) is 9.98 Å². The highest BCUT2D eigenvalue weighted by atomic mass is 16.3. The van der Waals surface area contributed by atoms with Crippen molar-refractivity contribution in [1.82, 2.24) is 0 Å². The molecule has 0 spiro atoms. The van der Waals surface area contributed by atoms with Gasteiger partial charge in [-0.1, -0.05) is 48.5 Å². The van der Waals surface area contributed by atoms with E-state index in [-0.39, 0.29) is 17.2 Å². The SMILES string of the molecule is Oc1ccccc1N1C=NC(c2ccccc2O)(c2ccccc2O)N=C1. The van der Waals surface area contributed by atoms with Crippen LogP contribution in [-0.4, -0.2) is 28.0 Å². The Hall–Kier alpha value is -3.80. The Labute approximate surface area is 156 Å². The van der Waals surface area contributed by atoms with Crippen molar-refractivity contribution < 1.29 is 15.3 Å². The molecule has 1 heterocycles. The first-order chi connectivity index (χ1) is 13.1. The van der Waals surface area contributed by atoms with E-state index in [0.717, 1.165) is 0 Å². The fourth-order valence-electron chi connectivity index (χ4n) is 3.12. The average Bonchev–Trinajstić information content (AvgIpc) is 2.69. The van der Waals surface area contributed by atoms with E-state index in [0.29, 0.717) is 16.8 Å². The van der Waals surface area contributed by atoms with Crippen LogP contribution in [0.4, 0.5) is 5.69 Å². The quantitative estimate of drug-likeness (QED) is 0.667. The average molecular weight is 359 g/mol.